The van der Waals surface area contributed by atoms with Crippen LogP contribution in [-0.4, -0.2) is 25.3 Å². The number of carbonyl (C=O) groups is 1. The zero-order valence-corrected chi connectivity index (χ0v) is 16.9. The lowest BCUT2D eigenvalue weighted by Gasteiger charge is -2.14. The zero-order valence-electron chi connectivity index (χ0n) is 16.1. The normalized spacial score (nSPS) is 10.8. The van der Waals surface area contributed by atoms with Gasteiger partial charge in [-0.3, -0.25) is 14.2 Å². The summed E-state index contributed by atoms with van der Waals surface area (Å²) in [5, 5.41) is 9.38. The zero-order chi connectivity index (χ0) is 22.1. The van der Waals surface area contributed by atoms with Crippen molar-refractivity contribution in [2.45, 2.75) is 13.3 Å². The summed E-state index contributed by atoms with van der Waals surface area (Å²) in [6.45, 7) is 1.70. The van der Waals surface area contributed by atoms with E-state index in [-0.39, 0.29) is 45.2 Å². The van der Waals surface area contributed by atoms with E-state index in [0.717, 1.165) is 10.6 Å². The molecule has 0 aliphatic heterocycles. The third kappa shape index (κ3) is 3.79. The SMILES string of the molecule is Cc1ccc(C#N)c(C(=O)Cc2nc3ccc(F)cc3c(=O)n2-c2cccnc2Cl)n1. The van der Waals surface area contributed by atoms with Crippen LogP contribution in [0, 0.1) is 24.1 Å². The van der Waals surface area contributed by atoms with Crippen LogP contribution in [0.5, 0.6) is 0 Å². The Labute approximate surface area is 180 Å². The molecule has 4 rings (SSSR count). The number of hydrogen-bond acceptors (Lipinski definition) is 6. The molecule has 0 fully saturated rings. The molecular formula is C22H13ClFN5O2. The van der Waals surface area contributed by atoms with Crippen molar-refractivity contribution in [3.63, 3.8) is 0 Å². The number of carbonyl (C=O) groups excluding carboxylic acids is 1. The predicted octanol–water partition coefficient (Wildman–Crippen LogP) is 3.57. The number of hydrogen-bond donors (Lipinski definition) is 0. The number of aromatic nitrogens is 4. The highest BCUT2D eigenvalue weighted by Gasteiger charge is 2.21. The van der Waals surface area contributed by atoms with Crippen LogP contribution in [0.4, 0.5) is 4.39 Å². The molecule has 0 spiro atoms. The minimum atomic E-state index is -0.597. The van der Waals surface area contributed by atoms with E-state index in [1.165, 1.54) is 24.4 Å². The van der Waals surface area contributed by atoms with Gasteiger partial charge in [0, 0.05) is 11.9 Å². The van der Waals surface area contributed by atoms with E-state index in [1.807, 2.05) is 6.07 Å². The van der Waals surface area contributed by atoms with Crippen LogP contribution in [-0.2, 0) is 6.42 Å². The fraction of sp³-hybridized carbons (Fsp3) is 0.0909. The highest BCUT2D eigenvalue weighted by molar-refractivity contribution is 6.31. The quantitative estimate of drug-likeness (QED) is 0.360. The summed E-state index contributed by atoms with van der Waals surface area (Å²) in [6.07, 6.45) is 1.12. The number of rotatable bonds is 4. The number of nitrogens with zero attached hydrogens (tertiary/aromatic N) is 5. The highest BCUT2D eigenvalue weighted by Crippen LogP contribution is 2.20. The predicted molar refractivity (Wildman–Crippen MR) is 112 cm³/mol. The van der Waals surface area contributed by atoms with Gasteiger partial charge >= 0.3 is 0 Å². The molecule has 0 saturated heterocycles. The smallest absolute Gasteiger partial charge is 0.266 e. The van der Waals surface area contributed by atoms with Gasteiger partial charge < -0.3 is 0 Å². The van der Waals surface area contributed by atoms with E-state index < -0.39 is 17.2 Å². The van der Waals surface area contributed by atoms with Gasteiger partial charge in [0.15, 0.2) is 10.9 Å². The molecule has 3 heterocycles. The topological polar surface area (TPSA) is 102 Å². The Bertz CT molecular complexity index is 1460. The number of benzene rings is 1. The summed E-state index contributed by atoms with van der Waals surface area (Å²) in [4.78, 5) is 38.9. The lowest BCUT2D eigenvalue weighted by molar-refractivity contribution is 0.0985. The van der Waals surface area contributed by atoms with E-state index in [4.69, 9.17) is 11.6 Å². The molecule has 31 heavy (non-hydrogen) atoms. The molecular weight excluding hydrogens is 421 g/mol. The molecule has 0 N–H and O–H groups in total. The van der Waals surface area contributed by atoms with Crippen molar-refractivity contribution < 1.29 is 9.18 Å². The van der Waals surface area contributed by atoms with Crippen molar-refractivity contribution in [1.82, 2.24) is 19.5 Å². The standard InChI is InChI=1S/C22H13ClFN5O2/c1-12-4-5-13(11-25)20(27-12)18(30)10-19-28-16-7-6-14(24)9-15(16)22(31)29(19)17-3-2-8-26-21(17)23/h2-9H,10H2,1H3. The molecule has 0 aliphatic carbocycles. The Balaban J connectivity index is 1.95. The minimum Gasteiger partial charge on any atom is -0.292 e. The van der Waals surface area contributed by atoms with Gasteiger partial charge in [0.2, 0.25) is 0 Å². The fourth-order valence-corrected chi connectivity index (χ4v) is 3.41. The van der Waals surface area contributed by atoms with E-state index in [2.05, 4.69) is 15.0 Å². The lowest BCUT2D eigenvalue weighted by Crippen LogP contribution is -2.26. The molecule has 1 aromatic carbocycles. The maximum Gasteiger partial charge on any atom is 0.266 e. The van der Waals surface area contributed by atoms with Gasteiger partial charge in [0.1, 0.15) is 23.4 Å². The minimum absolute atomic E-state index is 0.0141. The van der Waals surface area contributed by atoms with Crippen LogP contribution in [0.2, 0.25) is 5.15 Å². The van der Waals surface area contributed by atoms with Crippen LogP contribution in [0.25, 0.3) is 16.6 Å². The monoisotopic (exact) mass is 433 g/mol. The average molecular weight is 434 g/mol. The first-order valence-electron chi connectivity index (χ1n) is 9.12. The first-order valence-corrected chi connectivity index (χ1v) is 9.50. The Morgan fingerprint density at radius 2 is 2.03 bits per heavy atom. The number of halogens is 2. The van der Waals surface area contributed by atoms with E-state index in [1.54, 1.807) is 25.1 Å². The van der Waals surface area contributed by atoms with Gasteiger partial charge in [-0.05, 0) is 49.4 Å². The van der Waals surface area contributed by atoms with Crippen molar-refractivity contribution in [2.24, 2.45) is 0 Å². The molecule has 152 valence electrons. The van der Waals surface area contributed by atoms with E-state index in [0.29, 0.717) is 5.69 Å². The van der Waals surface area contributed by atoms with Crippen LogP contribution in [0.1, 0.15) is 27.6 Å². The maximum atomic E-state index is 13.8. The molecule has 4 aromatic rings. The van der Waals surface area contributed by atoms with Gasteiger partial charge in [0.25, 0.3) is 5.56 Å². The van der Waals surface area contributed by atoms with Gasteiger partial charge in [0.05, 0.1) is 28.6 Å². The van der Waals surface area contributed by atoms with Crippen LogP contribution in [0.15, 0.2) is 53.5 Å². The average Bonchev–Trinajstić information content (AvgIpc) is 2.75. The molecule has 0 unspecified atom stereocenters. The van der Waals surface area contributed by atoms with Crippen molar-refractivity contribution in [3.8, 4) is 11.8 Å². The first kappa shape index (κ1) is 20.3. The summed E-state index contributed by atoms with van der Waals surface area (Å²) in [6, 6.07) is 11.8. The van der Waals surface area contributed by atoms with Crippen LogP contribution >= 0.6 is 11.6 Å². The number of nitriles is 1. The lowest BCUT2D eigenvalue weighted by atomic mass is 10.1. The van der Waals surface area contributed by atoms with Crippen molar-refractivity contribution >= 4 is 28.3 Å². The van der Waals surface area contributed by atoms with Crippen LogP contribution < -0.4 is 5.56 Å². The molecule has 0 atom stereocenters. The molecule has 0 saturated carbocycles. The van der Waals surface area contributed by atoms with Gasteiger partial charge in [-0.2, -0.15) is 5.26 Å². The molecule has 0 bridgehead atoms. The summed E-state index contributed by atoms with van der Waals surface area (Å²) in [5.41, 5.74) is 0.500. The second-order valence-electron chi connectivity index (χ2n) is 6.70. The van der Waals surface area contributed by atoms with Crippen molar-refractivity contribution in [3.05, 3.63) is 92.8 Å². The van der Waals surface area contributed by atoms with Crippen molar-refractivity contribution in [2.75, 3.05) is 0 Å². The summed E-state index contributed by atoms with van der Waals surface area (Å²) >= 11 is 6.19. The Hall–Kier alpha value is -3.96. The number of fused-ring (bicyclic) bond motifs is 1. The molecule has 3 aromatic heterocycles. The van der Waals surface area contributed by atoms with Crippen molar-refractivity contribution in [1.29, 1.82) is 5.26 Å². The Morgan fingerprint density at radius 3 is 2.77 bits per heavy atom. The van der Waals surface area contributed by atoms with Gasteiger partial charge in [-0.25, -0.2) is 19.3 Å². The molecule has 7 nitrogen and oxygen atoms in total. The summed E-state index contributed by atoms with van der Waals surface area (Å²) < 4.78 is 14.9. The van der Waals surface area contributed by atoms with Gasteiger partial charge in [-0.15, -0.1) is 0 Å². The Kier molecular flexibility index (Phi) is 5.28. The number of Topliss-reactive ketones (excluding diaryl/α,β-unsaturated/α-hetero) is 1. The second kappa shape index (κ2) is 8.05. The summed E-state index contributed by atoms with van der Waals surface area (Å²) in [7, 11) is 0. The number of ketones is 1. The molecule has 0 amide bonds. The number of pyridine rings is 2. The molecule has 0 radical (unpaired) electrons. The fourth-order valence-electron chi connectivity index (χ4n) is 3.20. The van der Waals surface area contributed by atoms with E-state index in [9.17, 15) is 19.2 Å². The third-order valence-corrected chi connectivity index (χ3v) is 4.91. The Morgan fingerprint density at radius 1 is 1.23 bits per heavy atom. The molecule has 9 heteroatoms. The largest absolute Gasteiger partial charge is 0.292 e. The highest BCUT2D eigenvalue weighted by atomic mass is 35.5. The van der Waals surface area contributed by atoms with E-state index >= 15 is 0 Å². The second-order valence-corrected chi connectivity index (χ2v) is 7.06. The number of aryl methyl sites for hydroxylation is 1. The van der Waals surface area contributed by atoms with Crippen LogP contribution in [0.3, 0.4) is 0 Å². The molecule has 0 aliphatic rings. The maximum absolute atomic E-state index is 13.8. The van der Waals surface area contributed by atoms with Gasteiger partial charge in [-0.1, -0.05) is 11.6 Å². The third-order valence-electron chi connectivity index (χ3n) is 4.62. The first-order chi connectivity index (χ1) is 14.9. The summed E-state index contributed by atoms with van der Waals surface area (Å²) in [5.74, 6) is -1.03.